The quantitative estimate of drug-likeness (QED) is 0.837. The zero-order chi connectivity index (χ0) is 15.5. The van der Waals surface area contributed by atoms with Gasteiger partial charge in [-0.15, -0.1) is 0 Å². The molecule has 1 aromatic heterocycles. The van der Waals surface area contributed by atoms with Crippen molar-refractivity contribution in [1.82, 2.24) is 15.0 Å². The van der Waals surface area contributed by atoms with Crippen LogP contribution in [0, 0.1) is 0 Å². The van der Waals surface area contributed by atoms with E-state index in [1.807, 2.05) is 27.8 Å². The van der Waals surface area contributed by atoms with Gasteiger partial charge in [0.2, 0.25) is 0 Å². The molecule has 0 bridgehead atoms. The van der Waals surface area contributed by atoms with Crippen LogP contribution >= 0.6 is 0 Å². The number of hydrogen-bond donors (Lipinski definition) is 0. The lowest BCUT2D eigenvalue weighted by Crippen LogP contribution is -2.32. The summed E-state index contributed by atoms with van der Waals surface area (Å²) in [5, 5.41) is 4.00. The number of carbonyl (C=O) groups excluding carboxylic acids is 1. The van der Waals surface area contributed by atoms with Gasteiger partial charge in [-0.05, 0) is 38.9 Å². The van der Waals surface area contributed by atoms with Crippen molar-refractivity contribution >= 4 is 5.91 Å². The van der Waals surface area contributed by atoms with Crippen molar-refractivity contribution in [3.63, 3.8) is 0 Å². The molecule has 1 aliphatic heterocycles. The van der Waals surface area contributed by atoms with Crippen LogP contribution in [-0.4, -0.2) is 54.1 Å². The molecule has 0 aromatic carbocycles. The van der Waals surface area contributed by atoms with Gasteiger partial charge in [0.1, 0.15) is 17.5 Å². The highest BCUT2D eigenvalue weighted by atomic mass is 16.5. The average Bonchev–Trinajstić information content (AvgIpc) is 3.07. The van der Waals surface area contributed by atoms with Crippen LogP contribution in [0.5, 0.6) is 0 Å². The molecule has 0 saturated carbocycles. The van der Waals surface area contributed by atoms with Crippen LogP contribution in [0.15, 0.2) is 10.8 Å². The van der Waals surface area contributed by atoms with Crippen LogP contribution in [0.25, 0.3) is 0 Å². The molecule has 0 aliphatic carbocycles. The number of amides is 1. The number of nitrogens with zero attached hydrogens (tertiary/aromatic N) is 3. The maximum absolute atomic E-state index is 12.5. The van der Waals surface area contributed by atoms with Gasteiger partial charge in [0.15, 0.2) is 0 Å². The first-order valence-electron chi connectivity index (χ1n) is 7.82. The summed E-state index contributed by atoms with van der Waals surface area (Å²) in [6, 6.07) is 0. The average molecular weight is 293 g/mol. The minimum Gasteiger partial charge on any atom is -0.364 e. The fraction of sp³-hybridized carbons (Fsp3) is 0.750. The van der Waals surface area contributed by atoms with Crippen molar-refractivity contribution in [3.05, 3.63) is 17.5 Å². The van der Waals surface area contributed by atoms with Gasteiger partial charge in [-0.2, -0.15) is 0 Å². The molecule has 0 N–H and O–H groups in total. The smallest absolute Gasteiger partial charge is 0.258 e. The number of rotatable bonds is 5. The van der Waals surface area contributed by atoms with Crippen LogP contribution in [0.1, 0.15) is 56.1 Å². The van der Waals surface area contributed by atoms with Crippen molar-refractivity contribution in [1.29, 1.82) is 0 Å². The number of aromatic nitrogens is 1. The minimum atomic E-state index is -0.186. The molecule has 21 heavy (non-hydrogen) atoms. The van der Waals surface area contributed by atoms with Gasteiger partial charge in [0.05, 0.1) is 0 Å². The molecule has 1 aromatic rings. The van der Waals surface area contributed by atoms with E-state index >= 15 is 0 Å². The van der Waals surface area contributed by atoms with Crippen molar-refractivity contribution in [3.8, 4) is 0 Å². The molecule has 0 spiro atoms. The Hall–Kier alpha value is -1.36. The molecule has 0 atom stereocenters. The molecule has 1 saturated heterocycles. The maximum atomic E-state index is 12.5. The summed E-state index contributed by atoms with van der Waals surface area (Å²) in [5.41, 5.74) is 1.14. The Kier molecular flexibility index (Phi) is 5.04. The number of carbonyl (C=O) groups is 1. The first kappa shape index (κ1) is 16.0. The van der Waals surface area contributed by atoms with Gasteiger partial charge in [0.25, 0.3) is 5.91 Å². The van der Waals surface area contributed by atoms with E-state index in [-0.39, 0.29) is 11.3 Å². The third-order valence-electron chi connectivity index (χ3n) is 4.02. The van der Waals surface area contributed by atoms with Gasteiger partial charge in [-0.25, -0.2) is 0 Å². The van der Waals surface area contributed by atoms with E-state index in [9.17, 15) is 4.79 Å². The molecule has 1 amide bonds. The maximum Gasteiger partial charge on any atom is 0.258 e. The SMILES string of the molecule is CN(CCCN1CCCC1)C(=O)c1conc1C(C)(C)C. The van der Waals surface area contributed by atoms with Crippen molar-refractivity contribution in [2.45, 2.75) is 45.4 Å². The van der Waals surface area contributed by atoms with Crippen molar-refractivity contribution < 1.29 is 9.32 Å². The van der Waals surface area contributed by atoms with Gasteiger partial charge >= 0.3 is 0 Å². The number of hydrogen-bond acceptors (Lipinski definition) is 4. The molecule has 118 valence electrons. The van der Waals surface area contributed by atoms with Crippen LogP contribution in [0.4, 0.5) is 0 Å². The lowest BCUT2D eigenvalue weighted by molar-refractivity contribution is 0.0786. The summed E-state index contributed by atoms with van der Waals surface area (Å²) in [6.07, 6.45) is 5.10. The summed E-state index contributed by atoms with van der Waals surface area (Å²) >= 11 is 0. The molecule has 0 unspecified atom stereocenters. The fourth-order valence-corrected chi connectivity index (χ4v) is 2.77. The van der Waals surface area contributed by atoms with E-state index in [0.717, 1.165) is 25.2 Å². The zero-order valence-corrected chi connectivity index (χ0v) is 13.7. The first-order chi connectivity index (χ1) is 9.89. The topological polar surface area (TPSA) is 49.6 Å². The van der Waals surface area contributed by atoms with E-state index in [1.165, 1.54) is 32.2 Å². The molecule has 1 aliphatic rings. The van der Waals surface area contributed by atoms with Gasteiger partial charge in [-0.3, -0.25) is 4.79 Å². The molecular weight excluding hydrogens is 266 g/mol. The monoisotopic (exact) mass is 293 g/mol. The Labute approximate surface area is 127 Å². The number of likely N-dealkylation sites (tertiary alicyclic amines) is 1. The lowest BCUT2D eigenvalue weighted by atomic mass is 9.89. The second kappa shape index (κ2) is 6.60. The Morgan fingerprint density at radius 2 is 2.05 bits per heavy atom. The minimum absolute atomic E-state index is 0.00240. The molecule has 2 heterocycles. The van der Waals surface area contributed by atoms with Crippen molar-refractivity contribution in [2.24, 2.45) is 0 Å². The van der Waals surface area contributed by atoms with Crippen LogP contribution in [-0.2, 0) is 5.41 Å². The lowest BCUT2D eigenvalue weighted by Gasteiger charge is -2.21. The standard InChI is InChI=1S/C16H27N3O2/c1-16(2,3)14-13(12-21-17-14)15(20)18(4)8-7-11-19-9-5-6-10-19/h12H,5-11H2,1-4H3. The Morgan fingerprint density at radius 1 is 1.38 bits per heavy atom. The van der Waals surface area contributed by atoms with Crippen LogP contribution in [0.3, 0.4) is 0 Å². The highest BCUT2D eigenvalue weighted by molar-refractivity contribution is 5.95. The van der Waals surface area contributed by atoms with E-state index in [1.54, 1.807) is 4.90 Å². The van der Waals surface area contributed by atoms with Crippen LogP contribution in [0.2, 0.25) is 0 Å². The third-order valence-corrected chi connectivity index (χ3v) is 4.02. The summed E-state index contributed by atoms with van der Waals surface area (Å²) in [7, 11) is 1.85. The van der Waals surface area contributed by atoms with Gasteiger partial charge < -0.3 is 14.3 Å². The largest absolute Gasteiger partial charge is 0.364 e. The molecule has 0 radical (unpaired) electrons. The first-order valence-corrected chi connectivity index (χ1v) is 7.82. The molecule has 2 rings (SSSR count). The summed E-state index contributed by atoms with van der Waals surface area (Å²) in [4.78, 5) is 16.8. The van der Waals surface area contributed by atoms with Crippen molar-refractivity contribution in [2.75, 3.05) is 33.2 Å². The second-order valence-electron chi connectivity index (χ2n) is 6.96. The Bertz CT molecular complexity index is 470. The zero-order valence-electron chi connectivity index (χ0n) is 13.7. The Morgan fingerprint density at radius 3 is 2.67 bits per heavy atom. The predicted octanol–water partition coefficient (Wildman–Crippen LogP) is 2.53. The fourth-order valence-electron chi connectivity index (χ4n) is 2.77. The van der Waals surface area contributed by atoms with E-state index in [2.05, 4.69) is 10.1 Å². The second-order valence-corrected chi connectivity index (χ2v) is 6.96. The summed E-state index contributed by atoms with van der Waals surface area (Å²) in [5.74, 6) is 0.00240. The van der Waals surface area contributed by atoms with Gasteiger partial charge in [0, 0.05) is 19.0 Å². The highest BCUT2D eigenvalue weighted by Gasteiger charge is 2.27. The summed E-state index contributed by atoms with van der Waals surface area (Å²) < 4.78 is 5.02. The highest BCUT2D eigenvalue weighted by Crippen LogP contribution is 2.25. The van der Waals surface area contributed by atoms with E-state index in [4.69, 9.17) is 4.52 Å². The molecular formula is C16H27N3O2. The van der Waals surface area contributed by atoms with E-state index < -0.39 is 0 Å². The van der Waals surface area contributed by atoms with Crippen LogP contribution < -0.4 is 0 Å². The van der Waals surface area contributed by atoms with Gasteiger partial charge in [-0.1, -0.05) is 25.9 Å². The predicted molar refractivity (Wildman–Crippen MR) is 82.5 cm³/mol. The molecule has 5 heteroatoms. The summed E-state index contributed by atoms with van der Waals surface area (Å²) in [6.45, 7) is 10.4. The molecule has 5 nitrogen and oxygen atoms in total. The molecule has 1 fully saturated rings. The Balaban J connectivity index is 1.88. The third kappa shape index (κ3) is 4.06. The normalized spacial score (nSPS) is 16.4. The van der Waals surface area contributed by atoms with E-state index in [0.29, 0.717) is 5.56 Å².